The molecule has 2 N–H and O–H groups in total. The molecule has 1 aromatic rings. The van der Waals surface area contributed by atoms with Crippen molar-refractivity contribution < 1.29 is 9.90 Å². The highest BCUT2D eigenvalue weighted by Gasteiger charge is 2.05. The lowest BCUT2D eigenvalue weighted by atomic mass is 9.98. The minimum atomic E-state index is -0.109. The first kappa shape index (κ1) is 13.7. The van der Waals surface area contributed by atoms with Crippen LogP contribution in [0.5, 0.6) is 0 Å². The highest BCUT2D eigenvalue weighted by molar-refractivity contribution is 5.75. The summed E-state index contributed by atoms with van der Waals surface area (Å²) >= 11 is 0. The van der Waals surface area contributed by atoms with E-state index in [1.165, 1.54) is 11.1 Å². The minimum Gasteiger partial charge on any atom is -0.396 e. The van der Waals surface area contributed by atoms with E-state index in [9.17, 15) is 4.79 Å². The minimum absolute atomic E-state index is 0.100. The first-order valence-corrected chi connectivity index (χ1v) is 6.01. The van der Waals surface area contributed by atoms with Crippen LogP contribution in [0.3, 0.4) is 0 Å². The van der Waals surface area contributed by atoms with Gasteiger partial charge in [-0.1, -0.05) is 32.0 Å². The molecule has 1 aromatic carbocycles. The van der Waals surface area contributed by atoms with Gasteiger partial charge in [0.2, 0.25) is 5.91 Å². The summed E-state index contributed by atoms with van der Waals surface area (Å²) in [4.78, 5) is 11.3. The molecule has 0 saturated carbocycles. The lowest BCUT2D eigenvalue weighted by Crippen LogP contribution is -2.23. The molecule has 0 aliphatic rings. The smallest absolute Gasteiger partial charge is 0.222 e. The predicted molar refractivity (Wildman–Crippen MR) is 68.8 cm³/mol. The third-order valence-corrected chi connectivity index (χ3v) is 2.85. The van der Waals surface area contributed by atoms with Crippen LogP contribution in [-0.2, 0) is 11.3 Å². The van der Waals surface area contributed by atoms with E-state index in [1.54, 1.807) is 0 Å². The average Bonchev–Trinajstić information content (AvgIpc) is 2.28. The summed E-state index contributed by atoms with van der Waals surface area (Å²) < 4.78 is 0. The standard InChI is InChI=1S/C14H21NO2/c1-10(2)12-5-4-11(3)13(8-12)9-15-14(17)6-7-16/h4-5,8,10,16H,6-7,9H2,1-3H3,(H,15,17). The van der Waals surface area contributed by atoms with Crippen molar-refractivity contribution in [1.29, 1.82) is 0 Å². The number of aryl methyl sites for hydroxylation is 1. The Labute approximate surface area is 103 Å². The number of rotatable bonds is 5. The zero-order valence-corrected chi connectivity index (χ0v) is 10.8. The van der Waals surface area contributed by atoms with Crippen molar-refractivity contribution in [3.05, 3.63) is 34.9 Å². The zero-order valence-electron chi connectivity index (χ0n) is 10.8. The van der Waals surface area contributed by atoms with E-state index >= 15 is 0 Å². The van der Waals surface area contributed by atoms with Crippen LogP contribution in [0.2, 0.25) is 0 Å². The molecule has 94 valence electrons. The number of amides is 1. The molecule has 17 heavy (non-hydrogen) atoms. The van der Waals surface area contributed by atoms with E-state index in [-0.39, 0.29) is 18.9 Å². The topological polar surface area (TPSA) is 49.3 Å². The second kappa shape index (κ2) is 6.40. The van der Waals surface area contributed by atoms with Crippen LogP contribution in [-0.4, -0.2) is 17.6 Å². The van der Waals surface area contributed by atoms with Gasteiger partial charge in [-0.2, -0.15) is 0 Å². The first-order chi connectivity index (χ1) is 8.04. The Morgan fingerprint density at radius 1 is 1.41 bits per heavy atom. The lowest BCUT2D eigenvalue weighted by Gasteiger charge is -2.12. The van der Waals surface area contributed by atoms with E-state index in [0.717, 1.165) is 5.56 Å². The predicted octanol–water partition coefficient (Wildman–Crippen LogP) is 2.12. The number of hydrogen-bond donors (Lipinski definition) is 2. The van der Waals surface area contributed by atoms with E-state index in [1.807, 2.05) is 6.92 Å². The van der Waals surface area contributed by atoms with Gasteiger partial charge in [0.25, 0.3) is 0 Å². The van der Waals surface area contributed by atoms with E-state index in [2.05, 4.69) is 37.4 Å². The Bertz CT molecular complexity index is 386. The number of carbonyl (C=O) groups excluding carboxylic acids is 1. The van der Waals surface area contributed by atoms with Crippen molar-refractivity contribution in [1.82, 2.24) is 5.32 Å². The van der Waals surface area contributed by atoms with E-state index in [4.69, 9.17) is 5.11 Å². The molecule has 0 atom stereocenters. The van der Waals surface area contributed by atoms with Crippen molar-refractivity contribution in [3.8, 4) is 0 Å². The Kier molecular flexibility index (Phi) is 5.16. The summed E-state index contributed by atoms with van der Waals surface area (Å²) in [6.45, 7) is 6.78. The fraction of sp³-hybridized carbons (Fsp3) is 0.500. The van der Waals surface area contributed by atoms with Crippen molar-refractivity contribution in [2.24, 2.45) is 0 Å². The highest BCUT2D eigenvalue weighted by Crippen LogP contribution is 2.18. The molecule has 0 aliphatic carbocycles. The van der Waals surface area contributed by atoms with Crippen LogP contribution in [0.15, 0.2) is 18.2 Å². The lowest BCUT2D eigenvalue weighted by molar-refractivity contribution is -0.121. The van der Waals surface area contributed by atoms with Gasteiger partial charge in [0.15, 0.2) is 0 Å². The monoisotopic (exact) mass is 235 g/mol. The number of hydrogen-bond acceptors (Lipinski definition) is 2. The second-order valence-corrected chi connectivity index (χ2v) is 4.59. The molecule has 0 bridgehead atoms. The summed E-state index contributed by atoms with van der Waals surface area (Å²) in [5.41, 5.74) is 3.60. The Morgan fingerprint density at radius 2 is 2.12 bits per heavy atom. The normalized spacial score (nSPS) is 10.6. The van der Waals surface area contributed by atoms with Crippen LogP contribution in [0.25, 0.3) is 0 Å². The van der Waals surface area contributed by atoms with Gasteiger partial charge >= 0.3 is 0 Å². The number of nitrogens with one attached hydrogen (secondary N) is 1. The number of carbonyl (C=O) groups is 1. The molecule has 3 nitrogen and oxygen atoms in total. The van der Waals surface area contributed by atoms with Gasteiger partial charge in [0, 0.05) is 13.0 Å². The summed E-state index contributed by atoms with van der Waals surface area (Å²) in [6, 6.07) is 6.35. The quantitative estimate of drug-likeness (QED) is 0.821. The Morgan fingerprint density at radius 3 is 2.71 bits per heavy atom. The van der Waals surface area contributed by atoms with E-state index < -0.39 is 0 Å². The molecule has 0 unspecified atom stereocenters. The molecule has 0 fully saturated rings. The molecule has 1 rings (SSSR count). The van der Waals surface area contributed by atoms with Crippen LogP contribution in [0.1, 0.15) is 42.9 Å². The molecule has 1 amide bonds. The number of aliphatic hydroxyl groups is 1. The fourth-order valence-corrected chi connectivity index (χ4v) is 1.62. The largest absolute Gasteiger partial charge is 0.396 e. The van der Waals surface area contributed by atoms with Crippen LogP contribution in [0, 0.1) is 6.92 Å². The molecule has 0 spiro atoms. The van der Waals surface area contributed by atoms with Crippen molar-refractivity contribution in [3.63, 3.8) is 0 Å². The molecule has 0 radical (unpaired) electrons. The summed E-state index contributed by atoms with van der Waals surface area (Å²) in [7, 11) is 0. The average molecular weight is 235 g/mol. The van der Waals surface area contributed by atoms with Gasteiger partial charge in [-0.05, 0) is 29.5 Å². The van der Waals surface area contributed by atoms with Gasteiger partial charge in [-0.3, -0.25) is 4.79 Å². The maximum atomic E-state index is 11.3. The highest BCUT2D eigenvalue weighted by atomic mass is 16.3. The van der Waals surface area contributed by atoms with Crippen LogP contribution >= 0.6 is 0 Å². The maximum Gasteiger partial charge on any atom is 0.222 e. The molecular formula is C14H21NO2. The van der Waals surface area contributed by atoms with Crippen molar-refractivity contribution in [2.45, 2.75) is 39.7 Å². The number of benzene rings is 1. The summed E-state index contributed by atoms with van der Waals surface area (Å²) in [5, 5.41) is 11.5. The fourth-order valence-electron chi connectivity index (χ4n) is 1.62. The van der Waals surface area contributed by atoms with Crippen molar-refractivity contribution in [2.75, 3.05) is 6.61 Å². The van der Waals surface area contributed by atoms with Crippen molar-refractivity contribution >= 4 is 5.91 Å². The second-order valence-electron chi connectivity index (χ2n) is 4.59. The Hall–Kier alpha value is -1.35. The SMILES string of the molecule is Cc1ccc(C(C)C)cc1CNC(=O)CCO. The molecule has 0 aromatic heterocycles. The van der Waals surface area contributed by atoms with E-state index in [0.29, 0.717) is 12.5 Å². The molecular weight excluding hydrogens is 214 g/mol. The van der Waals surface area contributed by atoms with Gasteiger partial charge in [0.1, 0.15) is 0 Å². The maximum absolute atomic E-state index is 11.3. The van der Waals surface area contributed by atoms with Crippen LogP contribution < -0.4 is 5.32 Å². The molecule has 3 heteroatoms. The number of aliphatic hydroxyl groups excluding tert-OH is 1. The molecule has 0 aliphatic heterocycles. The van der Waals surface area contributed by atoms with Gasteiger partial charge in [-0.15, -0.1) is 0 Å². The first-order valence-electron chi connectivity index (χ1n) is 6.01. The Balaban J connectivity index is 2.69. The summed E-state index contributed by atoms with van der Waals surface area (Å²) in [6.07, 6.45) is 0.170. The van der Waals surface area contributed by atoms with Crippen LogP contribution in [0.4, 0.5) is 0 Å². The van der Waals surface area contributed by atoms with Gasteiger partial charge in [-0.25, -0.2) is 0 Å². The van der Waals surface area contributed by atoms with Gasteiger partial charge < -0.3 is 10.4 Å². The van der Waals surface area contributed by atoms with Gasteiger partial charge in [0.05, 0.1) is 6.61 Å². The molecule has 0 heterocycles. The molecule has 0 saturated heterocycles. The zero-order chi connectivity index (χ0) is 12.8. The summed E-state index contributed by atoms with van der Waals surface area (Å²) in [5.74, 6) is 0.379. The third-order valence-electron chi connectivity index (χ3n) is 2.85. The third kappa shape index (κ3) is 4.19.